The summed E-state index contributed by atoms with van der Waals surface area (Å²) < 4.78 is 0. The lowest BCUT2D eigenvalue weighted by molar-refractivity contribution is 0.590. The van der Waals surface area contributed by atoms with Crippen molar-refractivity contribution in [3.63, 3.8) is 0 Å². The number of hydrogen-bond donors (Lipinski definition) is 0. The third-order valence-corrected chi connectivity index (χ3v) is 17.0. The largest absolute Gasteiger partial charge is 0.310 e. The fourth-order valence-corrected chi connectivity index (χ4v) is 12.2. The second-order valence-corrected chi connectivity index (χ2v) is 25.2. The molecule has 0 fully saturated rings. The average molecular weight is 1040 g/mol. The van der Waals surface area contributed by atoms with Gasteiger partial charge in [-0.2, -0.15) is 0 Å². The monoisotopic (exact) mass is 1040 g/mol. The molecule has 12 rings (SSSR count). The van der Waals surface area contributed by atoms with E-state index in [-0.39, 0.29) is 21.7 Å². The van der Waals surface area contributed by atoms with E-state index in [4.69, 9.17) is 0 Å². The molecule has 0 aromatic heterocycles. The van der Waals surface area contributed by atoms with Gasteiger partial charge in [-0.1, -0.05) is 251 Å². The van der Waals surface area contributed by atoms with Crippen LogP contribution in [0.3, 0.4) is 0 Å². The lowest BCUT2D eigenvalue weighted by Gasteiger charge is -2.29. The van der Waals surface area contributed by atoms with Gasteiger partial charge in [-0.3, -0.25) is 0 Å². The van der Waals surface area contributed by atoms with Gasteiger partial charge in [0.25, 0.3) is 0 Å². The first-order chi connectivity index (χ1) is 38.4. The highest BCUT2D eigenvalue weighted by molar-refractivity contribution is 5.89. The molecule has 2 nitrogen and oxygen atoms in total. The van der Waals surface area contributed by atoms with Crippen LogP contribution in [0.4, 0.5) is 34.1 Å². The van der Waals surface area contributed by atoms with Crippen LogP contribution in [0.15, 0.2) is 231 Å². The molecule has 2 aliphatic rings. The SMILES string of the molecule is CC(C)(C)c1ccc(N(c2ccccc2)c2ccc3c(c2)C(C)(C)c2cc(/C=C/c4ccc(-c5ccc(/C=C/c6ccc7c(c6)C(C)(C)c6cc(N(c8ccccc8)c8ccc(C(C)(C)C)cc8)ccc6-7)cc5)cc4)ccc2-3)cc1. The summed E-state index contributed by atoms with van der Waals surface area (Å²) in [6, 6.07) is 85.5. The number of para-hydroxylation sites is 2. The number of hydrogen-bond acceptors (Lipinski definition) is 2. The van der Waals surface area contributed by atoms with Gasteiger partial charge in [0.2, 0.25) is 0 Å². The summed E-state index contributed by atoms with van der Waals surface area (Å²) in [5.74, 6) is 0. The summed E-state index contributed by atoms with van der Waals surface area (Å²) in [5, 5.41) is 0. The fourth-order valence-electron chi connectivity index (χ4n) is 12.2. The van der Waals surface area contributed by atoms with Gasteiger partial charge >= 0.3 is 0 Å². The van der Waals surface area contributed by atoms with E-state index in [1.165, 1.54) is 100 Å². The minimum absolute atomic E-state index is 0.0913. The Morgan fingerprint density at radius 2 is 0.550 bits per heavy atom. The van der Waals surface area contributed by atoms with Gasteiger partial charge in [-0.05, 0) is 173 Å². The first kappa shape index (κ1) is 52.0. The summed E-state index contributed by atoms with van der Waals surface area (Å²) in [7, 11) is 0. The predicted molar refractivity (Wildman–Crippen MR) is 345 cm³/mol. The first-order valence-electron chi connectivity index (χ1n) is 28.5. The molecule has 0 atom stereocenters. The molecular formula is C78H72N2. The highest BCUT2D eigenvalue weighted by Crippen LogP contribution is 2.53. The van der Waals surface area contributed by atoms with Crippen molar-refractivity contribution in [2.24, 2.45) is 0 Å². The fraction of sp³-hybridized carbons (Fsp3) is 0.179. The Morgan fingerprint density at radius 3 is 0.887 bits per heavy atom. The van der Waals surface area contributed by atoms with Crippen LogP contribution in [0, 0.1) is 0 Å². The second-order valence-electron chi connectivity index (χ2n) is 25.2. The number of nitrogens with zero attached hydrogens (tertiary/aromatic N) is 2. The lowest BCUT2D eigenvalue weighted by atomic mass is 9.81. The van der Waals surface area contributed by atoms with Crippen LogP contribution >= 0.6 is 0 Å². The van der Waals surface area contributed by atoms with E-state index in [9.17, 15) is 0 Å². The third-order valence-electron chi connectivity index (χ3n) is 17.0. The van der Waals surface area contributed by atoms with Crippen molar-refractivity contribution < 1.29 is 0 Å². The molecule has 80 heavy (non-hydrogen) atoms. The number of rotatable bonds is 11. The Balaban J connectivity index is 0.718. The van der Waals surface area contributed by atoms with E-state index in [1.54, 1.807) is 0 Å². The molecule has 0 radical (unpaired) electrons. The highest BCUT2D eigenvalue weighted by atomic mass is 15.1. The summed E-state index contributed by atoms with van der Waals surface area (Å²) in [6.07, 6.45) is 8.98. The minimum Gasteiger partial charge on any atom is -0.310 e. The van der Waals surface area contributed by atoms with Gasteiger partial charge in [-0.15, -0.1) is 0 Å². The Hall–Kier alpha value is -8.72. The first-order valence-corrected chi connectivity index (χ1v) is 28.5. The maximum absolute atomic E-state index is 2.42. The molecule has 0 aliphatic heterocycles. The maximum Gasteiger partial charge on any atom is 0.0465 e. The van der Waals surface area contributed by atoms with Gasteiger partial charge in [-0.25, -0.2) is 0 Å². The molecule has 2 heteroatoms. The Morgan fingerprint density at radius 1 is 0.275 bits per heavy atom. The zero-order valence-electron chi connectivity index (χ0n) is 48.1. The van der Waals surface area contributed by atoms with Gasteiger partial charge < -0.3 is 9.80 Å². The van der Waals surface area contributed by atoms with E-state index in [0.29, 0.717) is 0 Å². The van der Waals surface area contributed by atoms with Crippen LogP contribution in [0.2, 0.25) is 0 Å². The number of benzene rings is 10. The molecule has 0 bridgehead atoms. The molecule has 0 saturated carbocycles. The van der Waals surface area contributed by atoms with Gasteiger partial charge in [0.15, 0.2) is 0 Å². The van der Waals surface area contributed by atoms with Gasteiger partial charge in [0.05, 0.1) is 0 Å². The van der Waals surface area contributed by atoms with Crippen LogP contribution in [0.5, 0.6) is 0 Å². The topological polar surface area (TPSA) is 6.48 Å². The van der Waals surface area contributed by atoms with Crippen molar-refractivity contribution in [1.29, 1.82) is 0 Å². The summed E-state index contributed by atoms with van der Waals surface area (Å²) >= 11 is 0. The van der Waals surface area contributed by atoms with Crippen LogP contribution < -0.4 is 9.80 Å². The molecule has 394 valence electrons. The Kier molecular flexibility index (Phi) is 13.1. The smallest absolute Gasteiger partial charge is 0.0465 e. The highest BCUT2D eigenvalue weighted by Gasteiger charge is 2.38. The molecule has 10 aromatic rings. The lowest BCUT2D eigenvalue weighted by Crippen LogP contribution is -2.17. The van der Waals surface area contributed by atoms with Gasteiger partial charge in [0, 0.05) is 45.0 Å². The average Bonchev–Trinajstić information content (AvgIpc) is 3.96. The van der Waals surface area contributed by atoms with Crippen LogP contribution in [0.25, 0.3) is 57.7 Å². The van der Waals surface area contributed by atoms with Gasteiger partial charge in [0.1, 0.15) is 0 Å². The second kappa shape index (κ2) is 20.2. The van der Waals surface area contributed by atoms with Crippen LogP contribution in [0.1, 0.15) is 125 Å². The standard InChI is InChI=1S/C78H72N2/c1-75(2,3)59-35-39-63(40-36-59)79(61-17-13-11-14-18-61)65-43-47-69-67-45-29-55(49-71(67)77(7,8)73(69)51-65)23-21-53-25-31-57(32-26-53)58-33-27-54(28-34-58)22-24-56-30-46-68-70-48-44-66(52-74(70)78(9,10)72(68)50-56)80(62-19-15-12-16-20-62)64-41-37-60(38-42-64)76(4,5)6/h11-52H,1-10H3/b23-21+,24-22+. The molecule has 2 aliphatic carbocycles. The zero-order chi connectivity index (χ0) is 55.6. The van der Waals surface area contributed by atoms with Crippen LogP contribution in [-0.2, 0) is 21.7 Å². The molecule has 0 heterocycles. The Labute approximate surface area is 476 Å². The molecule has 0 amide bonds. The molecule has 0 saturated heterocycles. The zero-order valence-corrected chi connectivity index (χ0v) is 48.1. The molecule has 10 aromatic carbocycles. The number of anilines is 6. The molecule has 0 unspecified atom stereocenters. The van der Waals surface area contributed by atoms with Crippen molar-refractivity contribution in [1.82, 2.24) is 0 Å². The van der Waals surface area contributed by atoms with E-state index in [2.05, 4.69) is 334 Å². The molecular weight excluding hydrogens is 965 g/mol. The normalized spacial score (nSPS) is 14.0. The van der Waals surface area contributed by atoms with Crippen molar-refractivity contribution in [3.05, 3.63) is 286 Å². The summed E-state index contributed by atoms with van der Waals surface area (Å²) in [5.41, 5.74) is 27.3. The molecule has 0 spiro atoms. The van der Waals surface area contributed by atoms with Crippen molar-refractivity contribution in [2.75, 3.05) is 9.80 Å². The van der Waals surface area contributed by atoms with E-state index in [0.717, 1.165) is 22.7 Å². The maximum atomic E-state index is 2.42. The third kappa shape index (κ3) is 9.83. The number of fused-ring (bicyclic) bond motifs is 6. The van der Waals surface area contributed by atoms with Crippen molar-refractivity contribution >= 4 is 58.4 Å². The molecule has 0 N–H and O–H groups in total. The summed E-state index contributed by atoms with van der Waals surface area (Å²) in [6.45, 7) is 23.1. The predicted octanol–water partition coefficient (Wildman–Crippen LogP) is 21.8. The summed E-state index contributed by atoms with van der Waals surface area (Å²) in [4.78, 5) is 4.77. The van der Waals surface area contributed by atoms with Crippen molar-refractivity contribution in [2.45, 2.75) is 90.9 Å². The van der Waals surface area contributed by atoms with E-state index >= 15 is 0 Å². The van der Waals surface area contributed by atoms with E-state index in [1.807, 2.05) is 0 Å². The Bertz CT molecular complexity index is 3690. The van der Waals surface area contributed by atoms with E-state index < -0.39 is 0 Å². The quantitative estimate of drug-likeness (QED) is 0.119. The van der Waals surface area contributed by atoms with Crippen molar-refractivity contribution in [3.8, 4) is 33.4 Å². The minimum atomic E-state index is -0.165. The van der Waals surface area contributed by atoms with Crippen LogP contribution in [-0.4, -0.2) is 0 Å².